The maximum Gasteiger partial charge on any atom is 0.108 e. The average molecular weight is 844 g/mol. The average Bonchev–Trinajstić information content (AvgIpc) is 3.99. The fourth-order valence-corrected chi connectivity index (χ4v) is 5.24. The van der Waals surface area contributed by atoms with E-state index in [0.29, 0.717) is 156 Å². The molecule has 0 aliphatic rings. The molecule has 0 spiro atoms. The minimum absolute atomic E-state index is 0.261. The molecular formula is C38H69N9O12. The molecule has 3 heterocycles. The molecule has 0 saturated heterocycles. The quantitative estimate of drug-likeness (QED) is 0.0747. The molecule has 0 fully saturated rings. The first-order chi connectivity index (χ1) is 28.8. The van der Waals surface area contributed by atoms with Crippen LogP contribution in [0.2, 0.25) is 0 Å². The number of methoxy groups -OCH3 is 3. The van der Waals surface area contributed by atoms with Crippen LogP contribution in [0.3, 0.4) is 0 Å². The first kappa shape index (κ1) is 50.3. The largest absolute Gasteiger partial charge is 0.382 e. The van der Waals surface area contributed by atoms with Crippen LogP contribution in [0.4, 0.5) is 0 Å². The fourth-order valence-electron chi connectivity index (χ4n) is 5.24. The van der Waals surface area contributed by atoms with Crippen molar-refractivity contribution in [3.05, 3.63) is 35.7 Å². The molecule has 0 atom stereocenters. The van der Waals surface area contributed by atoms with Gasteiger partial charge in [-0.05, 0) is 5.41 Å². The van der Waals surface area contributed by atoms with Crippen LogP contribution in [0.5, 0.6) is 0 Å². The van der Waals surface area contributed by atoms with Crippen molar-refractivity contribution < 1.29 is 56.8 Å². The Morgan fingerprint density at radius 1 is 0.390 bits per heavy atom. The number of aromatic nitrogens is 9. The standard InChI is InChI=1S/C38H69N9O12/c1-37(2,3)38(31-57-28-34-25-45(42-39-34)7-10-51-19-22-54-16-13-48-4,32-58-29-35-26-46(43-40-35)8-11-52-20-23-55-17-14-49-5)33-59-30-36-27-47(44-41-36)9-12-53-21-24-56-18-15-50-6/h25-27H,7-24,28-33H2,1-6H3. The van der Waals surface area contributed by atoms with Gasteiger partial charge in [-0.15, -0.1) is 15.3 Å². The zero-order valence-corrected chi connectivity index (χ0v) is 36.1. The number of ether oxygens (including phenoxy) is 12. The summed E-state index contributed by atoms with van der Waals surface area (Å²) in [7, 11) is 4.93. The maximum absolute atomic E-state index is 6.36. The second-order valence-electron chi connectivity index (χ2n) is 14.6. The number of hydrogen-bond donors (Lipinski definition) is 0. The summed E-state index contributed by atoms with van der Waals surface area (Å²) in [5.74, 6) is 0. The highest BCUT2D eigenvalue weighted by Gasteiger charge is 2.43. The normalized spacial score (nSPS) is 12.3. The monoisotopic (exact) mass is 844 g/mol. The number of hydrogen-bond acceptors (Lipinski definition) is 18. The van der Waals surface area contributed by atoms with Gasteiger partial charge in [-0.25, -0.2) is 14.0 Å². The highest BCUT2D eigenvalue weighted by molar-refractivity contribution is 4.95. The van der Waals surface area contributed by atoms with E-state index in [-0.39, 0.29) is 25.2 Å². The van der Waals surface area contributed by atoms with E-state index in [1.165, 1.54) is 0 Å². The van der Waals surface area contributed by atoms with Crippen molar-refractivity contribution in [2.75, 3.05) is 140 Å². The highest BCUT2D eigenvalue weighted by Crippen LogP contribution is 2.40. The van der Waals surface area contributed by atoms with Gasteiger partial charge in [0, 0.05) is 26.7 Å². The lowest BCUT2D eigenvalue weighted by Crippen LogP contribution is -2.47. The van der Waals surface area contributed by atoms with Crippen LogP contribution in [-0.2, 0) is 96.3 Å². The SMILES string of the molecule is COCCOCCOCCn1cc(COCC(COCc2cn(CCOCCOCCOC)nn2)(COCc2cn(CCOCCOCCOC)nn2)C(C)(C)C)nn1. The second-order valence-corrected chi connectivity index (χ2v) is 14.6. The minimum Gasteiger partial charge on any atom is -0.382 e. The zero-order valence-electron chi connectivity index (χ0n) is 36.1. The van der Waals surface area contributed by atoms with E-state index in [2.05, 4.69) is 51.7 Å². The lowest BCUT2D eigenvalue weighted by atomic mass is 9.68. The summed E-state index contributed by atoms with van der Waals surface area (Å²) in [6.45, 7) is 17.7. The molecular weight excluding hydrogens is 774 g/mol. The topological polar surface area (TPSA) is 203 Å². The summed E-state index contributed by atoms with van der Waals surface area (Å²) in [6, 6.07) is 0. The molecule has 0 aromatic carbocycles. The van der Waals surface area contributed by atoms with Gasteiger partial charge in [0.05, 0.1) is 177 Å². The number of nitrogens with zero attached hydrogens (tertiary/aromatic N) is 9. The third-order valence-electron chi connectivity index (χ3n) is 9.04. The van der Waals surface area contributed by atoms with E-state index < -0.39 is 5.41 Å². The first-order valence-corrected chi connectivity index (χ1v) is 20.1. The van der Waals surface area contributed by atoms with Crippen LogP contribution >= 0.6 is 0 Å². The lowest BCUT2D eigenvalue weighted by Gasteiger charge is -2.44. The van der Waals surface area contributed by atoms with Crippen molar-refractivity contribution in [2.45, 2.75) is 60.2 Å². The zero-order chi connectivity index (χ0) is 42.3. The van der Waals surface area contributed by atoms with E-state index >= 15 is 0 Å². The molecule has 338 valence electrons. The van der Waals surface area contributed by atoms with Crippen molar-refractivity contribution in [3.8, 4) is 0 Å². The fraction of sp³-hybridized carbons (Fsp3) is 0.842. The molecule has 0 radical (unpaired) electrons. The Bertz CT molecular complexity index is 1280. The second kappa shape index (κ2) is 30.9. The third-order valence-corrected chi connectivity index (χ3v) is 9.04. The van der Waals surface area contributed by atoms with E-state index in [4.69, 9.17) is 56.8 Å². The van der Waals surface area contributed by atoms with Crippen molar-refractivity contribution in [2.24, 2.45) is 10.8 Å². The summed E-state index contributed by atoms with van der Waals surface area (Å²) < 4.78 is 72.5. The summed E-state index contributed by atoms with van der Waals surface area (Å²) in [5, 5.41) is 25.6. The van der Waals surface area contributed by atoms with E-state index in [0.717, 1.165) is 0 Å². The van der Waals surface area contributed by atoms with Gasteiger partial charge < -0.3 is 56.8 Å². The summed E-state index contributed by atoms with van der Waals surface area (Å²) in [6.07, 6.45) is 5.59. The molecule has 3 aromatic rings. The number of rotatable bonds is 39. The van der Waals surface area contributed by atoms with Crippen LogP contribution in [0.25, 0.3) is 0 Å². The van der Waals surface area contributed by atoms with Crippen LogP contribution < -0.4 is 0 Å². The molecule has 0 unspecified atom stereocenters. The Morgan fingerprint density at radius 2 is 0.661 bits per heavy atom. The van der Waals surface area contributed by atoms with Crippen molar-refractivity contribution in [1.29, 1.82) is 0 Å². The molecule has 0 amide bonds. The van der Waals surface area contributed by atoms with E-state index in [9.17, 15) is 0 Å². The maximum atomic E-state index is 6.36. The molecule has 0 aliphatic heterocycles. The van der Waals surface area contributed by atoms with Gasteiger partial charge in [0.2, 0.25) is 0 Å². The van der Waals surface area contributed by atoms with Gasteiger partial charge in [0.1, 0.15) is 17.1 Å². The van der Waals surface area contributed by atoms with Gasteiger partial charge in [0.15, 0.2) is 0 Å². The van der Waals surface area contributed by atoms with Crippen molar-refractivity contribution in [3.63, 3.8) is 0 Å². The molecule has 21 nitrogen and oxygen atoms in total. The first-order valence-electron chi connectivity index (χ1n) is 20.1. The highest BCUT2D eigenvalue weighted by atomic mass is 16.6. The van der Waals surface area contributed by atoms with Crippen LogP contribution in [0.15, 0.2) is 18.6 Å². The smallest absolute Gasteiger partial charge is 0.108 e. The van der Waals surface area contributed by atoms with Gasteiger partial charge in [0.25, 0.3) is 0 Å². The van der Waals surface area contributed by atoms with Gasteiger partial charge in [-0.3, -0.25) is 0 Å². The Hall–Kier alpha value is -3.06. The Balaban J connectivity index is 1.52. The van der Waals surface area contributed by atoms with Crippen LogP contribution in [-0.4, -0.2) is 185 Å². The van der Waals surface area contributed by atoms with Crippen molar-refractivity contribution >= 4 is 0 Å². The molecule has 59 heavy (non-hydrogen) atoms. The molecule has 0 bridgehead atoms. The lowest BCUT2D eigenvalue weighted by molar-refractivity contribution is -0.131. The summed E-state index contributed by atoms with van der Waals surface area (Å²) in [5.41, 5.74) is 1.23. The van der Waals surface area contributed by atoms with Gasteiger partial charge in [-0.1, -0.05) is 36.4 Å². The predicted octanol–water partition coefficient (Wildman–Crippen LogP) is 1.48. The Labute approximate surface area is 348 Å². The Kier molecular flexibility index (Phi) is 26.3. The van der Waals surface area contributed by atoms with E-state index in [1.807, 2.05) is 18.6 Å². The summed E-state index contributed by atoms with van der Waals surface area (Å²) in [4.78, 5) is 0. The van der Waals surface area contributed by atoms with Crippen molar-refractivity contribution in [1.82, 2.24) is 45.0 Å². The minimum atomic E-state index is -0.577. The third kappa shape index (κ3) is 21.9. The van der Waals surface area contributed by atoms with Crippen LogP contribution in [0, 0.1) is 10.8 Å². The molecule has 21 heteroatoms. The molecule has 3 aromatic heterocycles. The summed E-state index contributed by atoms with van der Waals surface area (Å²) >= 11 is 0. The molecule has 3 rings (SSSR count). The van der Waals surface area contributed by atoms with E-state index in [1.54, 1.807) is 35.4 Å². The molecule has 0 N–H and O–H groups in total. The Morgan fingerprint density at radius 3 is 0.932 bits per heavy atom. The van der Waals surface area contributed by atoms with Gasteiger partial charge >= 0.3 is 0 Å². The molecule has 0 aliphatic carbocycles. The van der Waals surface area contributed by atoms with Crippen LogP contribution in [0.1, 0.15) is 37.9 Å². The predicted molar refractivity (Wildman–Crippen MR) is 211 cm³/mol. The van der Waals surface area contributed by atoms with Gasteiger partial charge in [-0.2, -0.15) is 0 Å². The molecule has 0 saturated carbocycles.